The summed E-state index contributed by atoms with van der Waals surface area (Å²) >= 11 is 11.9. The van der Waals surface area contributed by atoms with E-state index in [1.807, 2.05) is 0 Å². The van der Waals surface area contributed by atoms with Crippen LogP contribution in [-0.2, 0) is 0 Å². The van der Waals surface area contributed by atoms with E-state index in [9.17, 15) is 9.90 Å². The number of hydrogen-bond donors (Lipinski definition) is 1. The maximum Gasteiger partial charge on any atom is 0.341 e. The van der Waals surface area contributed by atoms with Crippen LogP contribution in [0.4, 0.5) is 5.82 Å². The Morgan fingerprint density at radius 2 is 2.11 bits per heavy atom. The van der Waals surface area contributed by atoms with Gasteiger partial charge in [0, 0.05) is 12.1 Å². The summed E-state index contributed by atoms with van der Waals surface area (Å²) in [5, 5.41) is 9.69. The van der Waals surface area contributed by atoms with Crippen molar-refractivity contribution in [1.29, 1.82) is 0 Å². The van der Waals surface area contributed by atoms with Crippen molar-refractivity contribution in [1.82, 2.24) is 4.98 Å². The Balaban J connectivity index is 2.13. The van der Waals surface area contributed by atoms with E-state index < -0.39 is 5.97 Å². The molecule has 18 heavy (non-hydrogen) atoms. The standard InChI is InChI=1S/C12H12Cl2N2O2/c13-7-6-8(14)15-10(9(7)11(17)18)16-5-1-2-12(16)3-4-12/h6H,1-5H2,(H,17,18). The summed E-state index contributed by atoms with van der Waals surface area (Å²) in [4.78, 5) is 17.6. The topological polar surface area (TPSA) is 53.4 Å². The molecule has 1 saturated carbocycles. The van der Waals surface area contributed by atoms with Crippen molar-refractivity contribution in [3.8, 4) is 0 Å². The Morgan fingerprint density at radius 3 is 2.72 bits per heavy atom. The molecule has 0 unspecified atom stereocenters. The van der Waals surface area contributed by atoms with Crippen molar-refractivity contribution >= 4 is 35.0 Å². The Bertz CT molecular complexity index is 529. The molecule has 96 valence electrons. The van der Waals surface area contributed by atoms with Crippen molar-refractivity contribution in [2.45, 2.75) is 31.2 Å². The van der Waals surface area contributed by atoms with Gasteiger partial charge in [-0.05, 0) is 31.7 Å². The van der Waals surface area contributed by atoms with E-state index in [0.717, 1.165) is 32.2 Å². The van der Waals surface area contributed by atoms with Crippen LogP contribution < -0.4 is 4.90 Å². The van der Waals surface area contributed by atoms with Gasteiger partial charge < -0.3 is 10.0 Å². The Labute approximate surface area is 115 Å². The molecule has 1 N–H and O–H groups in total. The highest BCUT2D eigenvalue weighted by molar-refractivity contribution is 6.36. The van der Waals surface area contributed by atoms with Gasteiger partial charge in [0.25, 0.3) is 0 Å². The van der Waals surface area contributed by atoms with Crippen LogP contribution in [0.2, 0.25) is 10.2 Å². The summed E-state index contributed by atoms with van der Waals surface area (Å²) in [7, 11) is 0. The Morgan fingerprint density at radius 1 is 1.39 bits per heavy atom. The third kappa shape index (κ3) is 1.75. The van der Waals surface area contributed by atoms with Crippen LogP contribution in [0, 0.1) is 0 Å². The Kier molecular flexibility index (Phi) is 2.68. The summed E-state index contributed by atoms with van der Waals surface area (Å²) in [5.74, 6) is -0.628. The fraction of sp³-hybridized carbons (Fsp3) is 0.500. The largest absolute Gasteiger partial charge is 0.478 e. The molecular formula is C12H12Cl2N2O2. The van der Waals surface area contributed by atoms with Gasteiger partial charge in [0.2, 0.25) is 0 Å². The van der Waals surface area contributed by atoms with Gasteiger partial charge in [-0.3, -0.25) is 0 Å². The number of hydrogen-bond acceptors (Lipinski definition) is 3. The van der Waals surface area contributed by atoms with Crippen molar-refractivity contribution in [2.24, 2.45) is 0 Å². The van der Waals surface area contributed by atoms with E-state index in [1.54, 1.807) is 0 Å². The monoisotopic (exact) mass is 286 g/mol. The first-order valence-electron chi connectivity index (χ1n) is 5.90. The number of carboxylic acid groups (broad SMARTS) is 1. The van der Waals surface area contributed by atoms with Crippen LogP contribution in [-0.4, -0.2) is 28.1 Å². The van der Waals surface area contributed by atoms with Crippen molar-refractivity contribution in [2.75, 3.05) is 11.4 Å². The lowest BCUT2D eigenvalue weighted by molar-refractivity contribution is 0.0697. The molecular weight excluding hydrogens is 275 g/mol. The van der Waals surface area contributed by atoms with Gasteiger partial charge >= 0.3 is 5.97 Å². The first-order chi connectivity index (χ1) is 8.53. The van der Waals surface area contributed by atoms with Gasteiger partial charge in [-0.25, -0.2) is 9.78 Å². The van der Waals surface area contributed by atoms with Crippen molar-refractivity contribution in [3.05, 3.63) is 21.8 Å². The van der Waals surface area contributed by atoms with E-state index in [2.05, 4.69) is 9.88 Å². The molecule has 3 rings (SSSR count). The number of nitrogens with zero attached hydrogens (tertiary/aromatic N) is 2. The molecule has 6 heteroatoms. The number of pyridine rings is 1. The summed E-state index contributed by atoms with van der Waals surface area (Å²) in [5.41, 5.74) is 0.180. The van der Waals surface area contributed by atoms with Crippen LogP contribution >= 0.6 is 23.2 Å². The predicted molar refractivity (Wildman–Crippen MR) is 69.8 cm³/mol. The number of carbonyl (C=O) groups is 1. The fourth-order valence-electron chi connectivity index (χ4n) is 2.80. The van der Waals surface area contributed by atoms with E-state index in [1.165, 1.54) is 6.07 Å². The van der Waals surface area contributed by atoms with Crippen LogP contribution in [0.1, 0.15) is 36.0 Å². The zero-order valence-electron chi connectivity index (χ0n) is 9.62. The van der Waals surface area contributed by atoms with E-state index in [4.69, 9.17) is 23.2 Å². The average Bonchev–Trinajstić information content (AvgIpc) is 2.88. The number of carboxylic acids is 1. The lowest BCUT2D eigenvalue weighted by Crippen LogP contribution is -2.33. The number of aromatic nitrogens is 1. The molecule has 1 aliphatic carbocycles. The molecule has 0 radical (unpaired) electrons. The molecule has 2 heterocycles. The third-order valence-electron chi connectivity index (χ3n) is 3.81. The van der Waals surface area contributed by atoms with Gasteiger partial charge in [-0.1, -0.05) is 23.2 Å². The van der Waals surface area contributed by atoms with Crippen LogP contribution in [0.5, 0.6) is 0 Å². The first kappa shape index (κ1) is 12.1. The lowest BCUT2D eigenvalue weighted by atomic mass is 10.2. The minimum atomic E-state index is -1.05. The normalized spacial score (nSPS) is 20.4. The van der Waals surface area contributed by atoms with E-state index in [-0.39, 0.29) is 21.3 Å². The number of aromatic carboxylic acids is 1. The number of halogens is 2. The Hall–Kier alpha value is -1.00. The van der Waals surface area contributed by atoms with Gasteiger partial charge in [0.1, 0.15) is 16.5 Å². The van der Waals surface area contributed by atoms with Crippen LogP contribution in [0.15, 0.2) is 6.07 Å². The van der Waals surface area contributed by atoms with Gasteiger partial charge in [-0.15, -0.1) is 0 Å². The second kappa shape index (κ2) is 4.00. The SMILES string of the molecule is O=C(O)c1c(Cl)cc(Cl)nc1N1CCCC12CC2. The maximum atomic E-state index is 11.3. The number of rotatable bonds is 2. The van der Waals surface area contributed by atoms with E-state index in [0.29, 0.717) is 5.82 Å². The minimum Gasteiger partial charge on any atom is -0.478 e. The molecule has 0 bridgehead atoms. The lowest BCUT2D eigenvalue weighted by Gasteiger charge is -2.27. The van der Waals surface area contributed by atoms with Crippen LogP contribution in [0.25, 0.3) is 0 Å². The molecule has 1 aliphatic heterocycles. The molecule has 2 aliphatic rings. The highest BCUT2D eigenvalue weighted by Crippen LogP contribution is 2.52. The minimum absolute atomic E-state index is 0.0641. The first-order valence-corrected chi connectivity index (χ1v) is 6.66. The molecule has 0 atom stereocenters. The third-order valence-corrected chi connectivity index (χ3v) is 4.31. The molecule has 1 saturated heterocycles. The second-order valence-corrected chi connectivity index (χ2v) is 5.70. The van der Waals surface area contributed by atoms with Crippen molar-refractivity contribution < 1.29 is 9.90 Å². The highest BCUT2D eigenvalue weighted by Gasteiger charge is 2.52. The second-order valence-electron chi connectivity index (χ2n) is 4.91. The van der Waals surface area contributed by atoms with Crippen LogP contribution in [0.3, 0.4) is 0 Å². The average molecular weight is 287 g/mol. The molecule has 1 aromatic rings. The summed E-state index contributed by atoms with van der Waals surface area (Å²) < 4.78 is 0. The summed E-state index contributed by atoms with van der Waals surface area (Å²) in [6, 6.07) is 1.38. The zero-order chi connectivity index (χ0) is 12.9. The summed E-state index contributed by atoms with van der Waals surface area (Å²) in [6.45, 7) is 0.823. The van der Waals surface area contributed by atoms with Gasteiger partial charge in [-0.2, -0.15) is 0 Å². The number of anilines is 1. The van der Waals surface area contributed by atoms with Gasteiger partial charge in [0.05, 0.1) is 5.02 Å². The maximum absolute atomic E-state index is 11.3. The van der Waals surface area contributed by atoms with Gasteiger partial charge in [0.15, 0.2) is 0 Å². The molecule has 0 aromatic carbocycles. The smallest absolute Gasteiger partial charge is 0.341 e. The van der Waals surface area contributed by atoms with Crippen molar-refractivity contribution in [3.63, 3.8) is 0 Å². The molecule has 2 fully saturated rings. The zero-order valence-corrected chi connectivity index (χ0v) is 11.1. The van der Waals surface area contributed by atoms with E-state index >= 15 is 0 Å². The molecule has 4 nitrogen and oxygen atoms in total. The molecule has 0 amide bonds. The molecule has 1 aromatic heterocycles. The fourth-order valence-corrected chi connectivity index (χ4v) is 3.31. The highest BCUT2D eigenvalue weighted by atomic mass is 35.5. The quantitative estimate of drug-likeness (QED) is 0.848. The predicted octanol–water partition coefficient (Wildman–Crippen LogP) is 3.22. The molecule has 1 spiro atoms. The summed E-state index contributed by atoms with van der Waals surface area (Å²) in [6.07, 6.45) is 4.35.